The molecule has 0 aromatic heterocycles. The number of fused-ring (bicyclic) bond motifs is 1. The lowest BCUT2D eigenvalue weighted by molar-refractivity contribution is 0.583. The summed E-state index contributed by atoms with van der Waals surface area (Å²) in [6.07, 6.45) is 3.20. The first kappa shape index (κ1) is 22.9. The van der Waals surface area contributed by atoms with Crippen LogP contribution in [0, 0.1) is 0 Å². The normalized spacial score (nSPS) is 12.3. The predicted molar refractivity (Wildman–Crippen MR) is 140 cm³/mol. The van der Waals surface area contributed by atoms with E-state index in [2.05, 4.69) is 122 Å². The van der Waals surface area contributed by atoms with E-state index in [9.17, 15) is 0 Å². The fourth-order valence-electron chi connectivity index (χ4n) is 4.47. The highest BCUT2D eigenvalue weighted by Crippen LogP contribution is 2.38. The number of anilines is 1. The summed E-state index contributed by atoms with van der Waals surface area (Å²) in [6.45, 7) is 17.6. The molecule has 162 valence electrons. The lowest BCUT2D eigenvalue weighted by Crippen LogP contribution is -2.15. The quantitative estimate of drug-likeness (QED) is 0.381. The van der Waals surface area contributed by atoms with Crippen molar-refractivity contribution in [3.05, 3.63) is 83.4 Å². The number of nitrogens with zero attached hydrogens (tertiary/aromatic N) is 1. The summed E-state index contributed by atoms with van der Waals surface area (Å²) in [5.41, 5.74) is 10.4. The van der Waals surface area contributed by atoms with Crippen molar-refractivity contribution >= 4 is 22.0 Å². The standard InChI is InChI=1S/C30H37N/c1-10-26(20(3)4)24-18-28(27(11-2)29(19-24)30(5,6)7)23-13-12-22-17-25(31(8)9)15-14-21(22)16-23/h10,12-19H,3,11H2,1-2,4-9H3/b26-10+. The number of hydrogen-bond acceptors (Lipinski definition) is 1. The average Bonchev–Trinajstić information content (AvgIpc) is 2.71. The van der Waals surface area contributed by atoms with Crippen LogP contribution in [0.15, 0.2) is 66.8 Å². The van der Waals surface area contributed by atoms with Gasteiger partial charge in [-0.2, -0.15) is 0 Å². The van der Waals surface area contributed by atoms with E-state index in [1.807, 2.05) is 0 Å². The van der Waals surface area contributed by atoms with E-state index in [4.69, 9.17) is 0 Å². The first-order chi connectivity index (χ1) is 14.6. The zero-order valence-corrected chi connectivity index (χ0v) is 20.6. The van der Waals surface area contributed by atoms with E-state index in [-0.39, 0.29) is 5.41 Å². The van der Waals surface area contributed by atoms with Crippen LogP contribution in [0.1, 0.15) is 58.2 Å². The van der Waals surface area contributed by atoms with Crippen molar-refractivity contribution in [1.82, 2.24) is 0 Å². The number of hydrogen-bond donors (Lipinski definition) is 0. The van der Waals surface area contributed by atoms with Crippen molar-refractivity contribution in [3.63, 3.8) is 0 Å². The number of allylic oxidation sites excluding steroid dienone is 3. The molecule has 0 aliphatic rings. The Morgan fingerprint density at radius 1 is 0.968 bits per heavy atom. The minimum atomic E-state index is 0.0709. The third kappa shape index (κ3) is 4.61. The van der Waals surface area contributed by atoms with Crippen molar-refractivity contribution in [3.8, 4) is 11.1 Å². The highest BCUT2D eigenvalue weighted by molar-refractivity contribution is 5.91. The summed E-state index contributed by atoms with van der Waals surface area (Å²) in [4.78, 5) is 2.15. The first-order valence-electron chi connectivity index (χ1n) is 11.3. The second kappa shape index (κ2) is 8.75. The molecule has 1 nitrogen and oxygen atoms in total. The van der Waals surface area contributed by atoms with E-state index in [0.29, 0.717) is 0 Å². The van der Waals surface area contributed by atoms with Gasteiger partial charge in [-0.3, -0.25) is 0 Å². The first-order valence-corrected chi connectivity index (χ1v) is 11.3. The molecule has 0 spiro atoms. The van der Waals surface area contributed by atoms with Crippen LogP contribution in [0.5, 0.6) is 0 Å². The third-order valence-corrected chi connectivity index (χ3v) is 6.12. The molecule has 0 aliphatic carbocycles. The molecular formula is C30H37N. The van der Waals surface area contributed by atoms with Crippen molar-refractivity contribution in [1.29, 1.82) is 0 Å². The van der Waals surface area contributed by atoms with E-state index in [1.165, 1.54) is 49.9 Å². The predicted octanol–water partition coefficient (Wildman–Crippen LogP) is 8.41. The Kier molecular flexibility index (Phi) is 6.46. The van der Waals surface area contributed by atoms with Crippen LogP contribution in [0.25, 0.3) is 27.5 Å². The molecule has 0 atom stereocenters. The van der Waals surface area contributed by atoms with E-state index >= 15 is 0 Å². The van der Waals surface area contributed by atoms with Gasteiger partial charge in [0, 0.05) is 19.8 Å². The molecule has 31 heavy (non-hydrogen) atoms. The maximum Gasteiger partial charge on any atom is 0.0367 e. The Bertz CT molecular complexity index is 1150. The maximum absolute atomic E-state index is 4.23. The van der Waals surface area contributed by atoms with Crippen molar-refractivity contribution in [2.45, 2.75) is 53.4 Å². The van der Waals surface area contributed by atoms with Gasteiger partial charge in [0.2, 0.25) is 0 Å². The number of rotatable bonds is 5. The molecule has 3 aromatic carbocycles. The summed E-state index contributed by atoms with van der Waals surface area (Å²) < 4.78 is 0. The van der Waals surface area contributed by atoms with Gasteiger partial charge in [-0.15, -0.1) is 0 Å². The monoisotopic (exact) mass is 411 g/mol. The van der Waals surface area contributed by atoms with Gasteiger partial charge in [0.25, 0.3) is 0 Å². The van der Waals surface area contributed by atoms with E-state index in [0.717, 1.165) is 12.0 Å². The van der Waals surface area contributed by atoms with Crippen LogP contribution in [-0.2, 0) is 11.8 Å². The lowest BCUT2D eigenvalue weighted by atomic mass is 9.78. The molecule has 0 aliphatic heterocycles. The molecule has 0 N–H and O–H groups in total. The maximum atomic E-state index is 4.23. The van der Waals surface area contributed by atoms with Gasteiger partial charge >= 0.3 is 0 Å². The van der Waals surface area contributed by atoms with Crippen LogP contribution in [0.2, 0.25) is 0 Å². The van der Waals surface area contributed by atoms with Gasteiger partial charge in [-0.25, -0.2) is 0 Å². The smallest absolute Gasteiger partial charge is 0.0367 e. The van der Waals surface area contributed by atoms with Crippen molar-refractivity contribution < 1.29 is 0 Å². The molecule has 0 amide bonds. The van der Waals surface area contributed by atoms with Crippen molar-refractivity contribution in [2.75, 3.05) is 19.0 Å². The Balaban J connectivity index is 2.30. The molecule has 3 rings (SSSR count). The van der Waals surface area contributed by atoms with E-state index < -0.39 is 0 Å². The average molecular weight is 412 g/mol. The van der Waals surface area contributed by atoms with Gasteiger partial charge in [0.05, 0.1) is 0 Å². The summed E-state index contributed by atoms with van der Waals surface area (Å²) in [7, 11) is 4.17. The van der Waals surface area contributed by atoms with Gasteiger partial charge in [-0.05, 0) is 94.1 Å². The zero-order chi connectivity index (χ0) is 22.9. The second-order valence-corrected chi connectivity index (χ2v) is 9.78. The van der Waals surface area contributed by atoms with Crippen molar-refractivity contribution in [2.24, 2.45) is 0 Å². The van der Waals surface area contributed by atoms with E-state index in [1.54, 1.807) is 0 Å². The van der Waals surface area contributed by atoms with Crippen LogP contribution >= 0.6 is 0 Å². The molecule has 0 unspecified atom stereocenters. The molecule has 0 radical (unpaired) electrons. The molecule has 0 saturated heterocycles. The van der Waals surface area contributed by atoms with Crippen LogP contribution < -0.4 is 4.90 Å². The molecule has 1 heteroatoms. The summed E-state index contributed by atoms with van der Waals surface area (Å²) in [5, 5.41) is 2.55. The molecular weight excluding hydrogens is 374 g/mol. The minimum absolute atomic E-state index is 0.0709. The highest BCUT2D eigenvalue weighted by atomic mass is 15.1. The third-order valence-electron chi connectivity index (χ3n) is 6.12. The highest BCUT2D eigenvalue weighted by Gasteiger charge is 2.22. The minimum Gasteiger partial charge on any atom is -0.378 e. The Morgan fingerprint density at radius 3 is 2.16 bits per heavy atom. The Morgan fingerprint density at radius 2 is 1.61 bits per heavy atom. The fraction of sp³-hybridized carbons (Fsp3) is 0.333. The SMILES string of the molecule is C=C(C)/C(=C\C)c1cc(-c2ccc3cc(N(C)C)ccc3c2)c(CC)c(C(C)(C)C)c1. The van der Waals surface area contributed by atoms with Gasteiger partial charge in [0.1, 0.15) is 0 Å². The second-order valence-electron chi connectivity index (χ2n) is 9.78. The Hall–Kier alpha value is -2.80. The van der Waals surface area contributed by atoms with Gasteiger partial charge in [-0.1, -0.05) is 70.2 Å². The molecule has 3 aromatic rings. The van der Waals surface area contributed by atoms with Crippen LogP contribution in [-0.4, -0.2) is 14.1 Å². The summed E-state index contributed by atoms with van der Waals surface area (Å²) in [5.74, 6) is 0. The topological polar surface area (TPSA) is 3.24 Å². The summed E-state index contributed by atoms with van der Waals surface area (Å²) in [6, 6.07) is 18.3. The van der Waals surface area contributed by atoms with Gasteiger partial charge < -0.3 is 4.90 Å². The molecule has 0 heterocycles. The molecule has 0 saturated carbocycles. The zero-order valence-electron chi connectivity index (χ0n) is 20.6. The largest absolute Gasteiger partial charge is 0.378 e. The Labute approximate surface area is 189 Å². The van der Waals surface area contributed by atoms with Gasteiger partial charge in [0.15, 0.2) is 0 Å². The van der Waals surface area contributed by atoms with Crippen LogP contribution in [0.4, 0.5) is 5.69 Å². The molecule has 0 fully saturated rings. The van der Waals surface area contributed by atoms with Crippen LogP contribution in [0.3, 0.4) is 0 Å². The summed E-state index contributed by atoms with van der Waals surface area (Å²) >= 11 is 0. The molecule has 0 bridgehead atoms. The lowest BCUT2D eigenvalue weighted by Gasteiger charge is -2.27. The number of benzene rings is 3. The fourth-order valence-corrected chi connectivity index (χ4v) is 4.47.